The van der Waals surface area contributed by atoms with Crippen LogP contribution in [0.3, 0.4) is 0 Å². The minimum Gasteiger partial charge on any atom is -0.311 e. The van der Waals surface area contributed by atoms with E-state index in [2.05, 4.69) is 16.3 Å². The molecular formula is C18H19F2N3O. The Bertz CT molecular complexity index is 769. The molecule has 0 bridgehead atoms. The molecule has 0 unspecified atom stereocenters. The Kier molecular flexibility index (Phi) is 3.62. The van der Waals surface area contributed by atoms with Gasteiger partial charge in [-0.3, -0.25) is 9.89 Å². The molecule has 4 rings (SSSR count). The highest BCUT2D eigenvalue weighted by Crippen LogP contribution is 2.60. The molecule has 6 heteroatoms. The minimum atomic E-state index is -2.75. The topological polar surface area (TPSA) is 49.0 Å². The number of halogens is 2. The second-order valence-corrected chi connectivity index (χ2v) is 6.76. The lowest BCUT2D eigenvalue weighted by Gasteiger charge is -2.21. The summed E-state index contributed by atoms with van der Waals surface area (Å²) in [6, 6.07) is 7.79. The average Bonchev–Trinajstić information content (AvgIpc) is 3.49. The number of rotatable bonds is 5. The number of benzene rings is 1. The smallest absolute Gasteiger partial charge is 0.280 e. The van der Waals surface area contributed by atoms with Gasteiger partial charge in [0.2, 0.25) is 0 Å². The number of anilines is 1. The van der Waals surface area contributed by atoms with Crippen molar-refractivity contribution in [2.75, 3.05) is 11.9 Å². The first kappa shape index (κ1) is 15.3. The van der Waals surface area contributed by atoms with Crippen molar-refractivity contribution < 1.29 is 13.6 Å². The summed E-state index contributed by atoms with van der Waals surface area (Å²) in [6.45, 7) is 0. The third-order valence-electron chi connectivity index (χ3n) is 5.19. The number of aromatic amines is 1. The van der Waals surface area contributed by atoms with Crippen LogP contribution in [0, 0.1) is 11.8 Å². The van der Waals surface area contributed by atoms with Crippen molar-refractivity contribution in [3.05, 3.63) is 47.3 Å². The van der Waals surface area contributed by atoms with Gasteiger partial charge in [0.05, 0.1) is 11.8 Å². The molecule has 1 heterocycles. The van der Waals surface area contributed by atoms with E-state index in [-0.39, 0.29) is 5.56 Å². The highest BCUT2D eigenvalue weighted by atomic mass is 19.3. The minimum absolute atomic E-state index is 0.0724. The predicted octanol–water partition coefficient (Wildman–Crippen LogP) is 4.14. The highest BCUT2D eigenvalue weighted by molar-refractivity contribution is 6.06. The molecule has 2 saturated carbocycles. The van der Waals surface area contributed by atoms with Crippen LogP contribution in [0.5, 0.6) is 0 Å². The zero-order valence-corrected chi connectivity index (χ0v) is 13.4. The standard InChI is InChI=1S/C18H19F2N3O/c1-23(18(24)14-9-21-22-16(14)17(19)20)15-5-3-2-4-11(15)13-8-12(13)10-6-7-10/h2-5,9-10,12-13,17H,6-8H2,1H3,(H,21,22)/t12-,13+/m0/s1. The molecule has 2 aliphatic rings. The van der Waals surface area contributed by atoms with Gasteiger partial charge in [-0.2, -0.15) is 5.10 Å². The Balaban J connectivity index is 1.61. The van der Waals surface area contributed by atoms with Gasteiger partial charge >= 0.3 is 0 Å². The van der Waals surface area contributed by atoms with E-state index >= 15 is 0 Å². The Labute approximate surface area is 138 Å². The molecule has 126 valence electrons. The number of amides is 1. The van der Waals surface area contributed by atoms with E-state index in [0.29, 0.717) is 5.92 Å². The maximum absolute atomic E-state index is 13.0. The van der Waals surface area contributed by atoms with Crippen molar-refractivity contribution in [2.45, 2.75) is 31.6 Å². The molecule has 1 N–H and O–H groups in total. The van der Waals surface area contributed by atoms with Crippen LogP contribution in [0.2, 0.25) is 0 Å². The molecule has 2 atom stereocenters. The number of para-hydroxylation sites is 1. The number of aromatic nitrogens is 2. The van der Waals surface area contributed by atoms with E-state index in [4.69, 9.17) is 0 Å². The van der Waals surface area contributed by atoms with Crippen LogP contribution in [-0.2, 0) is 0 Å². The fraction of sp³-hybridized carbons (Fsp3) is 0.444. The summed E-state index contributed by atoms with van der Waals surface area (Å²) in [5, 5.41) is 5.83. The van der Waals surface area contributed by atoms with Gasteiger partial charge in [0.25, 0.3) is 12.3 Å². The van der Waals surface area contributed by atoms with Gasteiger partial charge in [-0.15, -0.1) is 0 Å². The molecule has 0 radical (unpaired) electrons. The van der Waals surface area contributed by atoms with Crippen LogP contribution >= 0.6 is 0 Å². The average molecular weight is 331 g/mol. The molecule has 1 amide bonds. The number of nitrogens with one attached hydrogen (secondary N) is 1. The van der Waals surface area contributed by atoms with Gasteiger partial charge < -0.3 is 4.90 Å². The monoisotopic (exact) mass is 331 g/mol. The van der Waals surface area contributed by atoms with Crippen LogP contribution in [0.4, 0.5) is 14.5 Å². The number of carbonyl (C=O) groups excluding carboxylic acids is 1. The Morgan fingerprint density at radius 1 is 1.33 bits per heavy atom. The van der Waals surface area contributed by atoms with Gasteiger partial charge in [0.15, 0.2) is 0 Å². The Morgan fingerprint density at radius 3 is 2.79 bits per heavy atom. The number of alkyl halides is 2. The molecule has 24 heavy (non-hydrogen) atoms. The van der Waals surface area contributed by atoms with Gasteiger partial charge in [-0.25, -0.2) is 8.78 Å². The first-order valence-electron chi connectivity index (χ1n) is 8.26. The van der Waals surface area contributed by atoms with E-state index < -0.39 is 18.0 Å². The summed E-state index contributed by atoms with van der Waals surface area (Å²) in [4.78, 5) is 14.2. The summed E-state index contributed by atoms with van der Waals surface area (Å²) in [5.41, 5.74) is 1.45. The maximum Gasteiger partial charge on any atom is 0.280 e. The molecule has 1 aromatic heterocycles. The van der Waals surface area contributed by atoms with E-state index in [1.807, 2.05) is 18.2 Å². The van der Waals surface area contributed by atoms with Gasteiger partial charge in [-0.1, -0.05) is 18.2 Å². The molecule has 4 nitrogen and oxygen atoms in total. The third-order valence-corrected chi connectivity index (χ3v) is 5.19. The largest absolute Gasteiger partial charge is 0.311 e. The quantitative estimate of drug-likeness (QED) is 0.895. The SMILES string of the molecule is CN(C(=O)c1cn[nH]c1C(F)F)c1ccccc1[C@H]1C[C@H]1C1CC1. The summed E-state index contributed by atoms with van der Waals surface area (Å²) in [5.74, 6) is 1.58. The van der Waals surface area contributed by atoms with Gasteiger partial charge in [0, 0.05) is 12.7 Å². The maximum atomic E-state index is 13.0. The molecule has 0 saturated heterocycles. The molecule has 0 spiro atoms. The fourth-order valence-electron chi connectivity index (χ4n) is 3.65. The van der Waals surface area contributed by atoms with Crippen LogP contribution < -0.4 is 4.90 Å². The van der Waals surface area contributed by atoms with Gasteiger partial charge in [0.1, 0.15) is 5.69 Å². The molecule has 1 aromatic carbocycles. The first-order valence-corrected chi connectivity index (χ1v) is 8.26. The highest BCUT2D eigenvalue weighted by Gasteiger charge is 2.48. The zero-order chi connectivity index (χ0) is 16.8. The van der Waals surface area contributed by atoms with Crippen molar-refractivity contribution >= 4 is 11.6 Å². The van der Waals surface area contributed by atoms with Crippen molar-refractivity contribution in [1.29, 1.82) is 0 Å². The summed E-state index contributed by atoms with van der Waals surface area (Å²) >= 11 is 0. The summed E-state index contributed by atoms with van der Waals surface area (Å²) < 4.78 is 26.0. The van der Waals surface area contributed by atoms with Crippen LogP contribution in [0.1, 0.15) is 53.2 Å². The van der Waals surface area contributed by atoms with Crippen LogP contribution in [-0.4, -0.2) is 23.2 Å². The molecule has 2 fully saturated rings. The van der Waals surface area contributed by atoms with Crippen molar-refractivity contribution in [3.8, 4) is 0 Å². The normalized spacial score (nSPS) is 22.7. The van der Waals surface area contributed by atoms with Crippen molar-refractivity contribution in [1.82, 2.24) is 10.2 Å². The van der Waals surface area contributed by atoms with Crippen molar-refractivity contribution in [3.63, 3.8) is 0 Å². The number of hydrogen-bond donors (Lipinski definition) is 1. The molecule has 2 aliphatic carbocycles. The molecular weight excluding hydrogens is 312 g/mol. The van der Waals surface area contributed by atoms with Gasteiger partial charge in [-0.05, 0) is 48.6 Å². The summed E-state index contributed by atoms with van der Waals surface area (Å²) in [7, 11) is 1.64. The Hall–Kier alpha value is -2.24. The fourth-order valence-corrected chi connectivity index (χ4v) is 3.65. The third kappa shape index (κ3) is 2.60. The van der Waals surface area contributed by atoms with E-state index in [1.54, 1.807) is 7.05 Å². The molecule has 2 aromatic rings. The first-order chi connectivity index (χ1) is 11.6. The lowest BCUT2D eigenvalue weighted by atomic mass is 10.0. The Morgan fingerprint density at radius 2 is 2.08 bits per heavy atom. The number of nitrogens with zero attached hydrogens (tertiary/aromatic N) is 2. The zero-order valence-electron chi connectivity index (χ0n) is 13.4. The van der Waals surface area contributed by atoms with Crippen molar-refractivity contribution in [2.24, 2.45) is 11.8 Å². The number of H-pyrrole nitrogens is 1. The van der Waals surface area contributed by atoms with Crippen LogP contribution in [0.25, 0.3) is 0 Å². The number of hydrogen-bond acceptors (Lipinski definition) is 2. The van der Waals surface area contributed by atoms with E-state index in [9.17, 15) is 13.6 Å². The lowest BCUT2D eigenvalue weighted by Crippen LogP contribution is -2.27. The lowest BCUT2D eigenvalue weighted by molar-refractivity contribution is 0.0977. The van der Waals surface area contributed by atoms with Crippen LogP contribution in [0.15, 0.2) is 30.5 Å². The summed E-state index contributed by atoms with van der Waals surface area (Å²) in [6.07, 6.45) is 2.21. The van der Waals surface area contributed by atoms with E-state index in [0.717, 1.165) is 29.5 Å². The second kappa shape index (κ2) is 5.69. The predicted molar refractivity (Wildman–Crippen MR) is 86.3 cm³/mol. The molecule has 0 aliphatic heterocycles. The van der Waals surface area contributed by atoms with E-state index in [1.165, 1.54) is 23.9 Å². The number of carbonyl (C=O) groups is 1. The second-order valence-electron chi connectivity index (χ2n) is 6.76.